The first-order chi connectivity index (χ1) is 4.95. The molecule has 0 aromatic rings. The number of carboxylic acids is 2. The first kappa shape index (κ1) is 19.0. The van der Waals surface area contributed by atoms with Crippen LogP contribution in [0.15, 0.2) is 0 Å². The van der Waals surface area contributed by atoms with Gasteiger partial charge in [-0.05, 0) is 0 Å². The number of carbonyl (C=O) groups excluding carboxylic acids is 2. The predicted octanol–water partition coefficient (Wildman–Crippen LogP) is -9.47. The molecule has 0 saturated carbocycles. The van der Waals surface area contributed by atoms with E-state index in [0.29, 0.717) is 0 Å². The van der Waals surface area contributed by atoms with Crippen molar-refractivity contribution in [1.29, 1.82) is 0 Å². The van der Waals surface area contributed by atoms with E-state index in [2.05, 4.69) is 0 Å². The summed E-state index contributed by atoms with van der Waals surface area (Å²) in [6.07, 6.45) is -1.17. The SMILES string of the molecule is O=C([O-])CC(C(=O)[O-])[N+](=O)[O-].[Na+].[Na+]. The van der Waals surface area contributed by atoms with E-state index in [1.807, 2.05) is 0 Å². The van der Waals surface area contributed by atoms with Crippen LogP contribution >= 0.6 is 0 Å². The van der Waals surface area contributed by atoms with Crippen molar-refractivity contribution in [1.82, 2.24) is 0 Å². The molecule has 9 heteroatoms. The molecule has 0 aromatic heterocycles. The Bertz CT molecular complexity index is 193. The summed E-state index contributed by atoms with van der Waals surface area (Å²) in [5.74, 6) is -3.82. The van der Waals surface area contributed by atoms with Crippen molar-refractivity contribution in [2.24, 2.45) is 0 Å². The maximum absolute atomic E-state index is 9.83. The number of carbonyl (C=O) groups is 2. The minimum Gasteiger partial charge on any atom is -0.550 e. The van der Waals surface area contributed by atoms with Gasteiger partial charge < -0.3 is 19.8 Å². The molecule has 0 amide bonds. The quantitative estimate of drug-likeness (QED) is 0.256. The van der Waals surface area contributed by atoms with Crippen LogP contribution in [-0.2, 0) is 9.59 Å². The van der Waals surface area contributed by atoms with Gasteiger partial charge in [0.15, 0.2) is 0 Å². The first-order valence-electron chi connectivity index (χ1n) is 2.49. The molecule has 0 heterocycles. The Labute approximate surface area is 117 Å². The standard InChI is InChI=1S/C4H5NO6.2Na/c6-3(7)1-2(4(8)9)5(10)11;;/h2H,1H2,(H,6,7)(H,8,9);;/q;2*+1/p-2. The van der Waals surface area contributed by atoms with Crippen LogP contribution in [0.2, 0.25) is 0 Å². The van der Waals surface area contributed by atoms with Gasteiger partial charge in [0.1, 0.15) is 5.97 Å². The molecule has 0 spiro atoms. The molecular weight excluding hydrogens is 204 g/mol. The van der Waals surface area contributed by atoms with Gasteiger partial charge >= 0.3 is 59.1 Å². The molecule has 0 rings (SSSR count). The normalized spacial score (nSPS) is 10.2. The zero-order valence-electron chi connectivity index (χ0n) is 7.18. The van der Waals surface area contributed by atoms with Gasteiger partial charge in [-0.25, -0.2) is 0 Å². The molecule has 7 nitrogen and oxygen atoms in total. The monoisotopic (exact) mass is 207 g/mol. The molecule has 0 aliphatic carbocycles. The third-order valence-corrected chi connectivity index (χ3v) is 0.887. The second-order valence-electron chi connectivity index (χ2n) is 1.70. The van der Waals surface area contributed by atoms with E-state index >= 15 is 0 Å². The molecule has 0 fully saturated rings. The molecule has 1 unspecified atom stereocenters. The van der Waals surface area contributed by atoms with Crippen LogP contribution in [0, 0.1) is 10.1 Å². The van der Waals surface area contributed by atoms with Crippen LogP contribution in [0.4, 0.5) is 0 Å². The van der Waals surface area contributed by atoms with E-state index in [-0.39, 0.29) is 59.1 Å². The van der Waals surface area contributed by atoms with Crippen molar-refractivity contribution in [3.8, 4) is 0 Å². The molecule has 0 saturated heterocycles. The van der Waals surface area contributed by atoms with Crippen molar-refractivity contribution in [2.75, 3.05) is 0 Å². The molecule has 0 aliphatic rings. The summed E-state index contributed by atoms with van der Waals surface area (Å²) in [5, 5.41) is 29.3. The van der Waals surface area contributed by atoms with E-state index < -0.39 is 29.3 Å². The number of hydrogen-bond donors (Lipinski definition) is 0. The summed E-state index contributed by atoms with van der Waals surface area (Å²) in [5.41, 5.74) is 0. The average molecular weight is 207 g/mol. The van der Waals surface area contributed by atoms with Gasteiger partial charge in [0.2, 0.25) is 0 Å². The zero-order valence-corrected chi connectivity index (χ0v) is 11.2. The van der Waals surface area contributed by atoms with Crippen molar-refractivity contribution in [3.63, 3.8) is 0 Å². The summed E-state index contributed by atoms with van der Waals surface area (Å²) in [6.45, 7) is 0. The second kappa shape index (κ2) is 8.92. The van der Waals surface area contributed by atoms with Crippen LogP contribution in [0.3, 0.4) is 0 Å². The van der Waals surface area contributed by atoms with Crippen molar-refractivity contribution in [2.45, 2.75) is 12.5 Å². The minimum atomic E-state index is -2.22. The summed E-state index contributed by atoms with van der Waals surface area (Å²) in [7, 11) is 0. The van der Waals surface area contributed by atoms with Crippen LogP contribution in [-0.4, -0.2) is 22.9 Å². The van der Waals surface area contributed by atoms with Gasteiger partial charge in [-0.3, -0.25) is 10.1 Å². The van der Waals surface area contributed by atoms with E-state index in [1.54, 1.807) is 0 Å². The van der Waals surface area contributed by atoms with Gasteiger partial charge in [0.05, 0.1) is 6.42 Å². The summed E-state index contributed by atoms with van der Waals surface area (Å²) < 4.78 is 0. The Morgan fingerprint density at radius 3 is 1.69 bits per heavy atom. The number of hydrogen-bond acceptors (Lipinski definition) is 6. The molecule has 0 aliphatic heterocycles. The fourth-order valence-electron chi connectivity index (χ4n) is 0.402. The smallest absolute Gasteiger partial charge is 0.550 e. The van der Waals surface area contributed by atoms with E-state index in [4.69, 9.17) is 0 Å². The maximum atomic E-state index is 9.83. The number of rotatable bonds is 4. The first-order valence-corrected chi connectivity index (χ1v) is 2.49. The Kier molecular flexibility index (Phi) is 13.0. The van der Waals surface area contributed by atoms with Gasteiger partial charge in [0.25, 0.3) is 6.04 Å². The zero-order chi connectivity index (χ0) is 9.02. The number of nitrogens with zero attached hydrogens (tertiary/aromatic N) is 1. The molecule has 1 atom stereocenters. The Morgan fingerprint density at radius 2 is 1.62 bits per heavy atom. The predicted molar refractivity (Wildman–Crippen MR) is 25.4 cm³/mol. The Morgan fingerprint density at radius 1 is 1.23 bits per heavy atom. The van der Waals surface area contributed by atoms with Crippen LogP contribution in [0.5, 0.6) is 0 Å². The number of carboxylic acid groups (broad SMARTS) is 2. The molecule has 0 N–H and O–H groups in total. The molecule has 62 valence electrons. The van der Waals surface area contributed by atoms with E-state index in [1.165, 1.54) is 0 Å². The van der Waals surface area contributed by atoms with Gasteiger partial charge in [0, 0.05) is 10.9 Å². The summed E-state index contributed by atoms with van der Waals surface area (Å²) in [4.78, 5) is 28.1. The van der Waals surface area contributed by atoms with Gasteiger partial charge in [-0.2, -0.15) is 0 Å². The topological polar surface area (TPSA) is 123 Å². The van der Waals surface area contributed by atoms with Crippen LogP contribution in [0.25, 0.3) is 0 Å². The molecule has 13 heavy (non-hydrogen) atoms. The van der Waals surface area contributed by atoms with Crippen molar-refractivity contribution in [3.05, 3.63) is 10.1 Å². The van der Waals surface area contributed by atoms with Gasteiger partial charge in [-0.1, -0.05) is 0 Å². The van der Waals surface area contributed by atoms with Crippen molar-refractivity contribution >= 4 is 11.9 Å². The minimum absolute atomic E-state index is 0. The number of aliphatic carboxylic acids is 2. The molecular formula is C4H3NNa2O6. The fourth-order valence-corrected chi connectivity index (χ4v) is 0.402. The maximum Gasteiger partial charge on any atom is 1.00 e. The average Bonchev–Trinajstić information content (AvgIpc) is 1.81. The Hall–Kier alpha value is 0.340. The van der Waals surface area contributed by atoms with E-state index in [9.17, 15) is 29.9 Å². The second-order valence-corrected chi connectivity index (χ2v) is 1.70. The summed E-state index contributed by atoms with van der Waals surface area (Å²) >= 11 is 0. The molecule has 0 radical (unpaired) electrons. The number of nitro groups is 1. The molecule has 0 bridgehead atoms. The van der Waals surface area contributed by atoms with E-state index in [0.717, 1.165) is 0 Å². The fraction of sp³-hybridized carbons (Fsp3) is 0.500. The van der Waals surface area contributed by atoms with Crippen LogP contribution < -0.4 is 69.3 Å². The molecule has 0 aromatic carbocycles. The van der Waals surface area contributed by atoms with Gasteiger partial charge in [-0.15, -0.1) is 0 Å². The third-order valence-electron chi connectivity index (χ3n) is 0.887. The largest absolute Gasteiger partial charge is 1.00 e. The van der Waals surface area contributed by atoms with Crippen LogP contribution in [0.1, 0.15) is 6.42 Å². The Balaban J connectivity index is -0.000000500. The third kappa shape index (κ3) is 8.66. The van der Waals surface area contributed by atoms with Crippen molar-refractivity contribution < 1.29 is 83.8 Å². The summed E-state index contributed by atoms with van der Waals surface area (Å²) in [6, 6.07) is -2.22.